The first-order chi connectivity index (χ1) is 16.9. The molecule has 0 atom stereocenters. The summed E-state index contributed by atoms with van der Waals surface area (Å²) in [5.74, 6) is 0.517. The number of nitrogens with zero attached hydrogens (tertiary/aromatic N) is 3. The molecule has 1 fully saturated rings. The van der Waals surface area contributed by atoms with Crippen LogP contribution in [0, 0.1) is 18.7 Å². The summed E-state index contributed by atoms with van der Waals surface area (Å²) in [7, 11) is 1.59. The fraction of sp³-hybridized carbons (Fsp3) is 0.269. The smallest absolute Gasteiger partial charge is 0.277 e. The van der Waals surface area contributed by atoms with Crippen LogP contribution >= 0.6 is 11.3 Å². The van der Waals surface area contributed by atoms with Crippen molar-refractivity contribution in [3.63, 3.8) is 0 Å². The maximum atomic E-state index is 13.9. The highest BCUT2D eigenvalue weighted by atomic mass is 32.1. The number of piperidine rings is 1. The molecule has 1 aliphatic heterocycles. The minimum atomic E-state index is -0.344. The van der Waals surface area contributed by atoms with Crippen LogP contribution in [0.2, 0.25) is 0 Å². The number of carbonyl (C=O) groups is 1. The number of methoxy groups -OCH3 is 1. The van der Waals surface area contributed by atoms with Crippen LogP contribution in [0.3, 0.4) is 0 Å². The molecule has 1 N–H and O–H groups in total. The van der Waals surface area contributed by atoms with Gasteiger partial charge in [-0.05, 0) is 61.0 Å². The molecule has 7 nitrogen and oxygen atoms in total. The Hall–Kier alpha value is -3.72. The topological polar surface area (TPSA) is 76.5 Å². The number of ether oxygens (including phenoxy) is 1. The fourth-order valence-electron chi connectivity index (χ4n) is 4.35. The average Bonchev–Trinajstić information content (AvgIpc) is 3.35. The Labute approximate surface area is 205 Å². The van der Waals surface area contributed by atoms with Crippen LogP contribution in [0.25, 0.3) is 15.9 Å². The van der Waals surface area contributed by atoms with E-state index in [1.54, 1.807) is 30.7 Å². The summed E-state index contributed by atoms with van der Waals surface area (Å²) in [6, 6.07) is 13.9. The summed E-state index contributed by atoms with van der Waals surface area (Å²) >= 11 is 1.37. The zero-order valence-electron chi connectivity index (χ0n) is 19.5. The summed E-state index contributed by atoms with van der Waals surface area (Å²) in [4.78, 5) is 33.1. The second kappa shape index (κ2) is 9.50. The molecule has 1 aliphatic rings. The number of benzene rings is 2. The lowest BCUT2D eigenvalue weighted by Gasteiger charge is -2.33. The van der Waals surface area contributed by atoms with Crippen LogP contribution in [0.4, 0.5) is 16.0 Å². The van der Waals surface area contributed by atoms with Gasteiger partial charge in [-0.25, -0.2) is 13.9 Å². The van der Waals surface area contributed by atoms with Crippen LogP contribution in [-0.4, -0.2) is 35.7 Å². The molecule has 5 rings (SSSR count). The second-order valence-corrected chi connectivity index (χ2v) is 9.52. The third-order valence-electron chi connectivity index (χ3n) is 6.36. The lowest BCUT2D eigenvalue weighted by molar-refractivity contribution is -0.120. The molecule has 0 aliphatic carbocycles. The summed E-state index contributed by atoms with van der Waals surface area (Å²) < 4.78 is 21.4. The van der Waals surface area contributed by atoms with Crippen molar-refractivity contribution in [1.82, 2.24) is 9.55 Å². The normalized spacial score (nSPS) is 14.3. The maximum Gasteiger partial charge on any atom is 0.277 e. The largest absolute Gasteiger partial charge is 0.497 e. The number of halogens is 1. The van der Waals surface area contributed by atoms with Gasteiger partial charge in [0, 0.05) is 30.8 Å². The van der Waals surface area contributed by atoms with Crippen molar-refractivity contribution in [2.75, 3.05) is 30.4 Å². The van der Waals surface area contributed by atoms with Crippen LogP contribution in [0.15, 0.2) is 58.7 Å². The molecule has 1 saturated heterocycles. The fourth-order valence-corrected chi connectivity index (χ4v) is 5.11. The molecule has 9 heteroatoms. The van der Waals surface area contributed by atoms with E-state index in [0.717, 1.165) is 0 Å². The zero-order valence-corrected chi connectivity index (χ0v) is 20.3. The van der Waals surface area contributed by atoms with E-state index in [-0.39, 0.29) is 23.2 Å². The van der Waals surface area contributed by atoms with Gasteiger partial charge in [0.2, 0.25) is 11.9 Å². The average molecular weight is 493 g/mol. The molecule has 1 amide bonds. The lowest BCUT2D eigenvalue weighted by atomic mass is 9.96. The highest BCUT2D eigenvalue weighted by Crippen LogP contribution is 2.28. The number of hydrogen-bond acceptors (Lipinski definition) is 6. The number of aryl methyl sites for hydroxylation is 1. The van der Waals surface area contributed by atoms with Gasteiger partial charge in [-0.2, -0.15) is 0 Å². The predicted molar refractivity (Wildman–Crippen MR) is 136 cm³/mol. The Morgan fingerprint density at radius 1 is 1.17 bits per heavy atom. The van der Waals surface area contributed by atoms with Crippen LogP contribution < -0.4 is 20.5 Å². The number of anilines is 2. The molecule has 4 aromatic rings. The van der Waals surface area contributed by atoms with Gasteiger partial charge >= 0.3 is 0 Å². The molecule has 2 aromatic heterocycles. The number of aromatic nitrogens is 2. The van der Waals surface area contributed by atoms with Gasteiger partial charge in [-0.3, -0.25) is 9.59 Å². The molecule has 0 radical (unpaired) electrons. The Balaban J connectivity index is 1.40. The predicted octanol–water partition coefficient (Wildman–Crippen LogP) is 4.76. The van der Waals surface area contributed by atoms with E-state index < -0.39 is 0 Å². The lowest BCUT2D eigenvalue weighted by Crippen LogP contribution is -2.41. The number of nitrogens with one attached hydrogen (secondary N) is 1. The molecule has 0 bridgehead atoms. The third kappa shape index (κ3) is 4.51. The molecule has 0 spiro atoms. The molecular formula is C26H25FN4O3S. The van der Waals surface area contributed by atoms with Crippen LogP contribution in [0.1, 0.15) is 18.4 Å². The number of thiophene rings is 1. The first kappa shape index (κ1) is 23.0. The van der Waals surface area contributed by atoms with E-state index >= 15 is 0 Å². The first-order valence-electron chi connectivity index (χ1n) is 11.4. The van der Waals surface area contributed by atoms with Gasteiger partial charge in [-0.1, -0.05) is 12.1 Å². The molecule has 180 valence electrons. The van der Waals surface area contributed by atoms with Gasteiger partial charge < -0.3 is 15.0 Å². The molecule has 0 saturated carbocycles. The summed E-state index contributed by atoms with van der Waals surface area (Å²) in [6.45, 7) is 2.81. The Kier molecular flexibility index (Phi) is 6.25. The first-order valence-corrected chi connectivity index (χ1v) is 12.3. The molecular weight excluding hydrogens is 467 g/mol. The maximum absolute atomic E-state index is 13.9. The van der Waals surface area contributed by atoms with E-state index in [4.69, 9.17) is 9.72 Å². The molecule has 35 heavy (non-hydrogen) atoms. The number of fused-ring (bicyclic) bond motifs is 1. The number of amides is 1. The van der Waals surface area contributed by atoms with Crippen molar-refractivity contribution in [2.45, 2.75) is 19.8 Å². The second-order valence-electron chi connectivity index (χ2n) is 8.60. The minimum Gasteiger partial charge on any atom is -0.497 e. The van der Waals surface area contributed by atoms with Crippen molar-refractivity contribution in [2.24, 2.45) is 5.92 Å². The van der Waals surface area contributed by atoms with Gasteiger partial charge in [0.1, 0.15) is 16.3 Å². The molecule has 0 unspecified atom stereocenters. The summed E-state index contributed by atoms with van der Waals surface area (Å²) in [5, 5.41) is 4.70. The SMILES string of the molecule is COc1cccc(-n2c(N3CCC(C(=O)Nc4ccc(C)c(F)c4)CC3)nc3ccsc3c2=O)c1. The highest BCUT2D eigenvalue weighted by molar-refractivity contribution is 7.17. The molecule has 3 heterocycles. The van der Waals surface area contributed by atoms with Crippen molar-refractivity contribution < 1.29 is 13.9 Å². The highest BCUT2D eigenvalue weighted by Gasteiger charge is 2.28. The number of carbonyl (C=O) groups excluding carboxylic acids is 1. The third-order valence-corrected chi connectivity index (χ3v) is 7.25. The standard InChI is InChI=1S/C26H25FN4O3S/c1-16-6-7-18(14-21(16)27)28-24(32)17-8-11-30(12-9-17)26-29-22-10-13-35-23(22)25(33)31(26)19-4-3-5-20(15-19)34-2/h3-7,10,13-15,17H,8-9,11-12H2,1-2H3,(H,28,32). The van der Waals surface area contributed by atoms with Crippen molar-refractivity contribution in [3.05, 3.63) is 75.6 Å². The molecule has 2 aromatic carbocycles. The Bertz CT molecular complexity index is 1460. The Morgan fingerprint density at radius 2 is 1.97 bits per heavy atom. The van der Waals surface area contributed by atoms with Gasteiger partial charge in [0.05, 0.1) is 18.3 Å². The summed E-state index contributed by atoms with van der Waals surface area (Å²) in [6.07, 6.45) is 1.19. The van der Waals surface area contributed by atoms with Gasteiger partial charge in [0.25, 0.3) is 5.56 Å². The monoisotopic (exact) mass is 492 g/mol. The van der Waals surface area contributed by atoms with E-state index in [1.165, 1.54) is 17.4 Å². The van der Waals surface area contributed by atoms with E-state index in [9.17, 15) is 14.0 Å². The number of rotatable bonds is 5. The zero-order chi connectivity index (χ0) is 24.5. The van der Waals surface area contributed by atoms with Crippen molar-refractivity contribution >= 4 is 39.1 Å². The van der Waals surface area contributed by atoms with Crippen molar-refractivity contribution in [3.8, 4) is 11.4 Å². The number of hydrogen-bond donors (Lipinski definition) is 1. The van der Waals surface area contributed by atoms with Gasteiger partial charge in [-0.15, -0.1) is 11.3 Å². The van der Waals surface area contributed by atoms with E-state index in [0.29, 0.717) is 64.8 Å². The summed E-state index contributed by atoms with van der Waals surface area (Å²) in [5.41, 5.74) is 2.20. The Morgan fingerprint density at radius 3 is 2.71 bits per heavy atom. The van der Waals surface area contributed by atoms with E-state index in [1.807, 2.05) is 40.6 Å². The van der Waals surface area contributed by atoms with Crippen LogP contribution in [0.5, 0.6) is 5.75 Å². The van der Waals surface area contributed by atoms with E-state index in [2.05, 4.69) is 5.32 Å². The quantitative estimate of drug-likeness (QED) is 0.435. The van der Waals surface area contributed by atoms with Crippen LogP contribution in [-0.2, 0) is 4.79 Å². The van der Waals surface area contributed by atoms with Gasteiger partial charge in [0.15, 0.2) is 0 Å². The minimum absolute atomic E-state index is 0.126. The van der Waals surface area contributed by atoms with Crippen molar-refractivity contribution in [1.29, 1.82) is 0 Å².